The number of hydrogen-bond acceptors (Lipinski definition) is 1. The van der Waals surface area contributed by atoms with Gasteiger partial charge in [0.15, 0.2) is 5.96 Å². The van der Waals surface area contributed by atoms with Crippen molar-refractivity contribution in [1.29, 1.82) is 0 Å². The van der Waals surface area contributed by atoms with E-state index in [-0.39, 0.29) is 24.0 Å². The second-order valence-corrected chi connectivity index (χ2v) is 5.35. The largest absolute Gasteiger partial charge is 0.370 e. The van der Waals surface area contributed by atoms with Gasteiger partial charge in [0.2, 0.25) is 0 Å². The number of guanidine groups is 1. The fourth-order valence-electron chi connectivity index (χ4n) is 2.66. The van der Waals surface area contributed by atoms with Crippen molar-refractivity contribution in [2.45, 2.75) is 32.6 Å². The molecule has 2 unspecified atom stereocenters. The molecule has 1 saturated carbocycles. The number of benzene rings is 1. The van der Waals surface area contributed by atoms with Crippen molar-refractivity contribution < 1.29 is 0 Å². The molecular formula is C15H24IN3. The summed E-state index contributed by atoms with van der Waals surface area (Å²) in [6.45, 7) is 3.19. The van der Waals surface area contributed by atoms with Gasteiger partial charge in [0.1, 0.15) is 0 Å². The van der Waals surface area contributed by atoms with Crippen molar-refractivity contribution in [3.05, 3.63) is 30.3 Å². The molecule has 3 nitrogen and oxygen atoms in total. The van der Waals surface area contributed by atoms with Crippen LogP contribution in [0.3, 0.4) is 0 Å². The summed E-state index contributed by atoms with van der Waals surface area (Å²) in [5.41, 5.74) is 6.89. The van der Waals surface area contributed by atoms with E-state index in [4.69, 9.17) is 5.73 Å². The van der Waals surface area contributed by atoms with Crippen molar-refractivity contribution in [3.63, 3.8) is 0 Å². The van der Waals surface area contributed by atoms with Gasteiger partial charge >= 0.3 is 0 Å². The zero-order valence-corrected chi connectivity index (χ0v) is 13.8. The van der Waals surface area contributed by atoms with Crippen molar-refractivity contribution in [2.24, 2.45) is 22.6 Å². The van der Waals surface area contributed by atoms with Crippen LogP contribution in [0.2, 0.25) is 0 Å². The molecule has 0 radical (unpaired) electrons. The number of para-hydroxylation sites is 1. The van der Waals surface area contributed by atoms with Gasteiger partial charge in [0.05, 0.1) is 0 Å². The molecule has 2 rings (SSSR count). The zero-order valence-electron chi connectivity index (χ0n) is 11.5. The summed E-state index contributed by atoms with van der Waals surface area (Å²) in [5.74, 6) is 2.09. The molecule has 1 fully saturated rings. The van der Waals surface area contributed by atoms with Crippen LogP contribution in [0.1, 0.15) is 32.6 Å². The van der Waals surface area contributed by atoms with E-state index in [1.165, 1.54) is 25.7 Å². The summed E-state index contributed by atoms with van der Waals surface area (Å²) in [7, 11) is 0. The third-order valence-electron chi connectivity index (χ3n) is 3.61. The Kier molecular flexibility index (Phi) is 7.20. The molecule has 0 saturated heterocycles. The van der Waals surface area contributed by atoms with Gasteiger partial charge < -0.3 is 11.1 Å². The van der Waals surface area contributed by atoms with Crippen LogP contribution in [0.25, 0.3) is 0 Å². The summed E-state index contributed by atoms with van der Waals surface area (Å²) in [6.07, 6.45) is 5.31. The summed E-state index contributed by atoms with van der Waals surface area (Å²) < 4.78 is 0. The van der Waals surface area contributed by atoms with Gasteiger partial charge in [0.25, 0.3) is 0 Å². The zero-order chi connectivity index (χ0) is 12.8. The fraction of sp³-hybridized carbons (Fsp3) is 0.533. The molecule has 1 aromatic carbocycles. The standard InChI is InChI=1S/C15H23N3.HI/c1-12-6-5-7-13(10-12)11-17-15(16)18-14-8-3-2-4-9-14;/h2-4,8-9,12-13H,5-7,10-11H2,1H3,(H3,16,17,18);1H. The van der Waals surface area contributed by atoms with E-state index in [1.54, 1.807) is 0 Å². The number of hydrogen-bond donors (Lipinski definition) is 2. The molecule has 3 N–H and O–H groups in total. The van der Waals surface area contributed by atoms with E-state index < -0.39 is 0 Å². The van der Waals surface area contributed by atoms with Crippen LogP contribution >= 0.6 is 24.0 Å². The van der Waals surface area contributed by atoms with Crippen molar-refractivity contribution in [3.8, 4) is 0 Å². The smallest absolute Gasteiger partial charge is 0.193 e. The van der Waals surface area contributed by atoms with Crippen LogP contribution in [-0.2, 0) is 0 Å². The molecule has 2 atom stereocenters. The Labute approximate surface area is 133 Å². The first-order valence-corrected chi connectivity index (χ1v) is 6.86. The van der Waals surface area contributed by atoms with E-state index in [1.807, 2.05) is 30.3 Å². The molecule has 0 amide bonds. The highest BCUT2D eigenvalue weighted by Crippen LogP contribution is 2.28. The number of nitrogens with zero attached hydrogens (tertiary/aromatic N) is 1. The third kappa shape index (κ3) is 5.80. The average molecular weight is 373 g/mol. The number of nitrogens with two attached hydrogens (primary N) is 1. The lowest BCUT2D eigenvalue weighted by Gasteiger charge is -2.25. The first-order chi connectivity index (χ1) is 8.74. The Balaban J connectivity index is 0.00000180. The highest BCUT2D eigenvalue weighted by Gasteiger charge is 2.18. The molecule has 1 aromatic rings. The molecular weight excluding hydrogens is 349 g/mol. The summed E-state index contributed by atoms with van der Waals surface area (Å²) in [6, 6.07) is 9.94. The minimum Gasteiger partial charge on any atom is -0.370 e. The van der Waals surface area contributed by atoms with Gasteiger partial charge in [-0.2, -0.15) is 0 Å². The number of aliphatic imine (C=N–C) groups is 1. The maximum absolute atomic E-state index is 5.90. The molecule has 106 valence electrons. The molecule has 1 aliphatic carbocycles. The maximum Gasteiger partial charge on any atom is 0.193 e. The summed E-state index contributed by atoms with van der Waals surface area (Å²) >= 11 is 0. The lowest BCUT2D eigenvalue weighted by Crippen LogP contribution is -2.24. The second kappa shape index (κ2) is 8.40. The number of nitrogens with one attached hydrogen (secondary N) is 1. The van der Waals surface area contributed by atoms with Gasteiger partial charge in [-0.1, -0.05) is 38.0 Å². The first kappa shape index (κ1) is 16.3. The summed E-state index contributed by atoms with van der Waals surface area (Å²) in [5, 5.41) is 3.12. The highest BCUT2D eigenvalue weighted by atomic mass is 127. The molecule has 19 heavy (non-hydrogen) atoms. The van der Waals surface area contributed by atoms with Crippen LogP contribution < -0.4 is 11.1 Å². The molecule has 0 aromatic heterocycles. The Morgan fingerprint density at radius 2 is 2.05 bits per heavy atom. The Hall–Kier alpha value is -0.780. The van der Waals surface area contributed by atoms with Crippen molar-refractivity contribution in [1.82, 2.24) is 0 Å². The molecule has 0 spiro atoms. The topological polar surface area (TPSA) is 50.4 Å². The van der Waals surface area contributed by atoms with Crippen LogP contribution in [0.15, 0.2) is 35.3 Å². The van der Waals surface area contributed by atoms with Gasteiger partial charge in [0, 0.05) is 12.2 Å². The predicted molar refractivity (Wildman–Crippen MR) is 93.1 cm³/mol. The van der Waals surface area contributed by atoms with E-state index in [0.29, 0.717) is 11.9 Å². The second-order valence-electron chi connectivity index (χ2n) is 5.35. The minimum absolute atomic E-state index is 0. The van der Waals surface area contributed by atoms with E-state index in [2.05, 4.69) is 17.2 Å². The monoisotopic (exact) mass is 373 g/mol. The lowest BCUT2D eigenvalue weighted by molar-refractivity contribution is 0.289. The molecule has 0 aliphatic heterocycles. The van der Waals surface area contributed by atoms with Gasteiger partial charge in [-0.25, -0.2) is 0 Å². The number of halogens is 1. The molecule has 1 aliphatic rings. The Morgan fingerprint density at radius 1 is 1.32 bits per heavy atom. The average Bonchev–Trinajstić information content (AvgIpc) is 2.38. The number of rotatable bonds is 3. The third-order valence-corrected chi connectivity index (χ3v) is 3.61. The van der Waals surface area contributed by atoms with Gasteiger partial charge in [-0.3, -0.25) is 4.99 Å². The first-order valence-electron chi connectivity index (χ1n) is 6.86. The fourth-order valence-corrected chi connectivity index (χ4v) is 2.66. The van der Waals surface area contributed by atoms with Crippen LogP contribution in [0, 0.1) is 11.8 Å². The summed E-state index contributed by atoms with van der Waals surface area (Å²) in [4.78, 5) is 4.46. The van der Waals surface area contributed by atoms with Gasteiger partial charge in [-0.15, -0.1) is 24.0 Å². The van der Waals surface area contributed by atoms with Crippen LogP contribution in [0.5, 0.6) is 0 Å². The predicted octanol–water partition coefficient (Wildman–Crippen LogP) is 3.86. The Morgan fingerprint density at radius 3 is 2.74 bits per heavy atom. The van der Waals surface area contributed by atoms with Crippen LogP contribution in [0.4, 0.5) is 5.69 Å². The van der Waals surface area contributed by atoms with E-state index >= 15 is 0 Å². The van der Waals surface area contributed by atoms with E-state index in [9.17, 15) is 0 Å². The molecule has 0 bridgehead atoms. The highest BCUT2D eigenvalue weighted by molar-refractivity contribution is 14.0. The Bertz CT molecular complexity index is 392. The van der Waals surface area contributed by atoms with Gasteiger partial charge in [-0.05, 0) is 36.8 Å². The van der Waals surface area contributed by atoms with Crippen LogP contribution in [-0.4, -0.2) is 12.5 Å². The lowest BCUT2D eigenvalue weighted by atomic mass is 9.82. The minimum atomic E-state index is 0. The van der Waals surface area contributed by atoms with Crippen molar-refractivity contribution >= 4 is 35.6 Å². The SMILES string of the molecule is CC1CCCC(CN=C(N)Nc2ccccc2)C1.I. The molecule has 4 heteroatoms. The van der Waals surface area contributed by atoms with E-state index in [0.717, 1.165) is 18.2 Å². The van der Waals surface area contributed by atoms with Crippen molar-refractivity contribution in [2.75, 3.05) is 11.9 Å². The quantitative estimate of drug-likeness (QED) is 0.480. The maximum atomic E-state index is 5.90. The normalized spacial score (nSPS) is 23.5. The molecule has 0 heterocycles. The number of anilines is 1.